The maximum Gasteiger partial charge on any atom is 0.0524 e. The Morgan fingerprint density at radius 1 is 0.640 bits per heavy atom. The summed E-state index contributed by atoms with van der Waals surface area (Å²) in [6, 6.07) is 11.6. The van der Waals surface area contributed by atoms with Gasteiger partial charge in [-0.15, -0.1) is 0 Å². The molecule has 0 saturated heterocycles. The minimum atomic E-state index is 0.994. The fourth-order valence-electron chi connectivity index (χ4n) is 3.70. The number of rotatable bonds is 4. The van der Waals surface area contributed by atoms with Crippen LogP contribution in [0.1, 0.15) is 30.5 Å². The van der Waals surface area contributed by atoms with Crippen molar-refractivity contribution < 1.29 is 0 Å². The van der Waals surface area contributed by atoms with Crippen molar-refractivity contribution in [3.05, 3.63) is 47.0 Å². The van der Waals surface area contributed by atoms with Gasteiger partial charge in [0, 0.05) is 48.7 Å². The van der Waals surface area contributed by atoms with E-state index in [0.29, 0.717) is 0 Å². The van der Waals surface area contributed by atoms with Crippen LogP contribution in [0.3, 0.4) is 0 Å². The smallest absolute Gasteiger partial charge is 0.0524 e. The van der Waals surface area contributed by atoms with Gasteiger partial charge in [0.25, 0.3) is 0 Å². The van der Waals surface area contributed by atoms with Gasteiger partial charge in [0.2, 0.25) is 0 Å². The number of nitrogens with zero attached hydrogens (tertiary/aromatic N) is 2. The number of benzene rings is 3. The Bertz CT molecular complexity index is 940. The maximum atomic E-state index is 2.38. The Balaban J connectivity index is 2.61. The van der Waals surface area contributed by atoms with Gasteiger partial charge in [-0.1, -0.05) is 17.7 Å². The lowest BCUT2D eigenvalue weighted by Gasteiger charge is -2.28. The van der Waals surface area contributed by atoms with Crippen LogP contribution in [0.4, 0.5) is 11.4 Å². The molecular formula is C23H30N2. The van der Waals surface area contributed by atoms with Crippen molar-refractivity contribution in [3.8, 4) is 0 Å². The fraction of sp³-hybridized carbons (Fsp3) is 0.391. The summed E-state index contributed by atoms with van der Waals surface area (Å²) in [5.74, 6) is 0. The van der Waals surface area contributed by atoms with Gasteiger partial charge in [-0.2, -0.15) is 0 Å². The number of aryl methyl sites for hydroxylation is 3. The van der Waals surface area contributed by atoms with E-state index in [2.05, 4.69) is 88.8 Å². The summed E-state index contributed by atoms with van der Waals surface area (Å²) in [4.78, 5) is 4.76. The lowest BCUT2D eigenvalue weighted by atomic mass is 9.93. The highest BCUT2D eigenvalue weighted by Gasteiger charge is 2.18. The molecule has 0 aliphatic rings. The zero-order chi connectivity index (χ0) is 18.3. The van der Waals surface area contributed by atoms with Crippen molar-refractivity contribution in [2.45, 2.75) is 34.6 Å². The summed E-state index contributed by atoms with van der Waals surface area (Å²) in [5, 5.41) is 5.43. The summed E-state index contributed by atoms with van der Waals surface area (Å²) in [6.45, 7) is 13.0. The Hall–Kier alpha value is -2.22. The minimum Gasteiger partial charge on any atom is -0.374 e. The van der Waals surface area contributed by atoms with Gasteiger partial charge in [-0.25, -0.2) is 0 Å². The number of hydrogen-bond donors (Lipinski definition) is 0. The van der Waals surface area contributed by atoms with Crippen LogP contribution in [-0.4, -0.2) is 27.2 Å². The fourth-order valence-corrected chi connectivity index (χ4v) is 3.70. The predicted octanol–water partition coefficient (Wildman–Crippen LogP) is 5.83. The number of hydrogen-bond acceptors (Lipinski definition) is 2. The van der Waals surface area contributed by atoms with Gasteiger partial charge in [-0.05, 0) is 63.9 Å². The molecule has 25 heavy (non-hydrogen) atoms. The second kappa shape index (κ2) is 6.59. The van der Waals surface area contributed by atoms with Gasteiger partial charge >= 0.3 is 0 Å². The van der Waals surface area contributed by atoms with E-state index in [0.717, 1.165) is 13.1 Å². The molecule has 0 atom stereocenters. The molecule has 0 aliphatic carbocycles. The third-order valence-electron chi connectivity index (χ3n) is 5.54. The molecule has 3 aromatic rings. The molecule has 0 N–H and O–H groups in total. The third kappa shape index (κ3) is 2.84. The predicted molar refractivity (Wildman–Crippen MR) is 114 cm³/mol. The Morgan fingerprint density at radius 3 is 1.56 bits per heavy atom. The Kier molecular flexibility index (Phi) is 4.64. The summed E-state index contributed by atoms with van der Waals surface area (Å²) in [6.07, 6.45) is 0. The van der Waals surface area contributed by atoms with Gasteiger partial charge in [-0.3, -0.25) is 0 Å². The first-order valence-corrected chi connectivity index (χ1v) is 9.28. The molecular weight excluding hydrogens is 304 g/mol. The molecule has 0 amide bonds. The molecule has 3 rings (SSSR count). The van der Waals surface area contributed by atoms with Crippen LogP contribution in [0.15, 0.2) is 30.3 Å². The highest BCUT2D eigenvalue weighted by atomic mass is 15.1. The maximum absolute atomic E-state index is 2.38. The van der Waals surface area contributed by atoms with E-state index in [1.165, 1.54) is 49.6 Å². The summed E-state index contributed by atoms with van der Waals surface area (Å²) in [7, 11) is 4.40. The largest absolute Gasteiger partial charge is 0.374 e. The van der Waals surface area contributed by atoms with Crippen molar-refractivity contribution in [2.75, 3.05) is 37.0 Å². The van der Waals surface area contributed by atoms with Crippen LogP contribution in [-0.2, 0) is 0 Å². The molecule has 0 fully saturated rings. The molecule has 0 radical (unpaired) electrons. The zero-order valence-electron chi connectivity index (χ0n) is 16.7. The van der Waals surface area contributed by atoms with Crippen molar-refractivity contribution >= 4 is 32.9 Å². The Labute approximate surface area is 152 Å². The van der Waals surface area contributed by atoms with Gasteiger partial charge in [0.05, 0.1) is 11.4 Å². The normalized spacial score (nSPS) is 11.3. The summed E-state index contributed by atoms with van der Waals surface area (Å²) >= 11 is 0. The quantitative estimate of drug-likeness (QED) is 0.437. The second-order valence-electron chi connectivity index (χ2n) is 7.26. The average Bonchev–Trinajstić information content (AvgIpc) is 2.60. The van der Waals surface area contributed by atoms with E-state index < -0.39 is 0 Å². The first kappa shape index (κ1) is 17.6. The Morgan fingerprint density at radius 2 is 1.08 bits per heavy atom. The van der Waals surface area contributed by atoms with Crippen molar-refractivity contribution in [1.82, 2.24) is 0 Å². The van der Waals surface area contributed by atoms with Crippen LogP contribution in [0.2, 0.25) is 0 Å². The molecule has 0 aliphatic heterocycles. The highest BCUT2D eigenvalue weighted by Crippen LogP contribution is 2.43. The molecule has 0 saturated carbocycles. The summed E-state index contributed by atoms with van der Waals surface area (Å²) in [5.41, 5.74) is 6.73. The number of anilines is 2. The van der Waals surface area contributed by atoms with Gasteiger partial charge in [0.15, 0.2) is 0 Å². The standard InChI is InChI=1S/C23H30N2/c1-8-24(6)22-18-11-10-15(3)12-19(18)23(25(7)9-2)21-14-17(5)16(4)13-20(21)22/h10-14H,8-9H2,1-7H3. The van der Waals surface area contributed by atoms with E-state index in [-0.39, 0.29) is 0 Å². The SMILES string of the molecule is CCN(C)c1c2ccc(C)cc2c(N(C)CC)c2cc(C)c(C)cc12. The molecule has 0 spiro atoms. The molecule has 2 heteroatoms. The first-order valence-electron chi connectivity index (χ1n) is 9.28. The molecule has 0 bridgehead atoms. The van der Waals surface area contributed by atoms with Crippen LogP contribution < -0.4 is 9.80 Å². The lowest BCUT2D eigenvalue weighted by Crippen LogP contribution is -2.20. The number of fused-ring (bicyclic) bond motifs is 2. The molecule has 0 aromatic heterocycles. The zero-order valence-corrected chi connectivity index (χ0v) is 16.7. The van der Waals surface area contributed by atoms with E-state index in [9.17, 15) is 0 Å². The third-order valence-corrected chi connectivity index (χ3v) is 5.54. The lowest BCUT2D eigenvalue weighted by molar-refractivity contribution is 0.972. The molecule has 3 aromatic carbocycles. The molecule has 2 nitrogen and oxygen atoms in total. The van der Waals surface area contributed by atoms with E-state index in [1.807, 2.05) is 0 Å². The van der Waals surface area contributed by atoms with Crippen LogP contribution in [0.5, 0.6) is 0 Å². The highest BCUT2D eigenvalue weighted by molar-refractivity contribution is 6.20. The summed E-state index contributed by atoms with van der Waals surface area (Å²) < 4.78 is 0. The second-order valence-corrected chi connectivity index (χ2v) is 7.26. The van der Waals surface area contributed by atoms with Crippen molar-refractivity contribution in [3.63, 3.8) is 0 Å². The van der Waals surface area contributed by atoms with Gasteiger partial charge < -0.3 is 9.80 Å². The minimum absolute atomic E-state index is 0.994. The van der Waals surface area contributed by atoms with Crippen molar-refractivity contribution in [2.24, 2.45) is 0 Å². The molecule has 132 valence electrons. The van der Waals surface area contributed by atoms with Crippen LogP contribution in [0, 0.1) is 20.8 Å². The van der Waals surface area contributed by atoms with E-state index >= 15 is 0 Å². The average molecular weight is 335 g/mol. The van der Waals surface area contributed by atoms with Crippen LogP contribution in [0.25, 0.3) is 21.5 Å². The molecule has 0 heterocycles. The van der Waals surface area contributed by atoms with Crippen molar-refractivity contribution in [1.29, 1.82) is 0 Å². The molecule has 0 unspecified atom stereocenters. The first-order chi connectivity index (χ1) is 11.9. The van der Waals surface area contributed by atoms with E-state index in [4.69, 9.17) is 0 Å². The monoisotopic (exact) mass is 334 g/mol. The van der Waals surface area contributed by atoms with Gasteiger partial charge in [0.1, 0.15) is 0 Å². The van der Waals surface area contributed by atoms with Crippen LogP contribution >= 0.6 is 0 Å². The van der Waals surface area contributed by atoms with E-state index in [1.54, 1.807) is 0 Å². The topological polar surface area (TPSA) is 6.48 Å².